The van der Waals surface area contributed by atoms with E-state index in [1.807, 2.05) is 18.7 Å². The van der Waals surface area contributed by atoms with E-state index in [9.17, 15) is 22.8 Å². The third kappa shape index (κ3) is 4.23. The number of carbonyl (C=O) groups excluding carboxylic acids is 2. The summed E-state index contributed by atoms with van der Waals surface area (Å²) in [6.07, 6.45) is -2.07. The Balaban J connectivity index is 1.59. The zero-order valence-corrected chi connectivity index (χ0v) is 16.1. The molecule has 2 aliphatic heterocycles. The molecule has 0 bridgehead atoms. The van der Waals surface area contributed by atoms with E-state index in [4.69, 9.17) is 0 Å². The third-order valence-corrected chi connectivity index (χ3v) is 5.31. The van der Waals surface area contributed by atoms with Gasteiger partial charge >= 0.3 is 6.18 Å². The highest BCUT2D eigenvalue weighted by Crippen LogP contribution is 2.29. The molecule has 3 heterocycles. The summed E-state index contributed by atoms with van der Waals surface area (Å²) < 4.78 is 38.0. The summed E-state index contributed by atoms with van der Waals surface area (Å²) in [6.45, 7) is 6.19. The molecular formula is C19H25F3N4O2. The predicted octanol–water partition coefficient (Wildman–Crippen LogP) is 2.40. The van der Waals surface area contributed by atoms with Crippen LogP contribution in [0.15, 0.2) is 18.3 Å². The van der Waals surface area contributed by atoms with Crippen LogP contribution in [0.5, 0.6) is 0 Å². The van der Waals surface area contributed by atoms with Crippen LogP contribution in [-0.4, -0.2) is 65.4 Å². The molecular weight excluding hydrogens is 373 g/mol. The van der Waals surface area contributed by atoms with Crippen LogP contribution in [0.2, 0.25) is 0 Å². The van der Waals surface area contributed by atoms with Gasteiger partial charge in [-0.1, -0.05) is 13.8 Å². The maximum Gasteiger partial charge on any atom is 0.417 e. The average molecular weight is 398 g/mol. The van der Waals surface area contributed by atoms with Crippen LogP contribution in [0.1, 0.15) is 32.3 Å². The van der Waals surface area contributed by atoms with Crippen molar-refractivity contribution >= 4 is 17.6 Å². The number of nitrogens with zero attached hydrogens (tertiary/aromatic N) is 4. The van der Waals surface area contributed by atoms with E-state index in [1.165, 1.54) is 6.07 Å². The highest BCUT2D eigenvalue weighted by atomic mass is 19.4. The van der Waals surface area contributed by atoms with E-state index in [0.29, 0.717) is 45.0 Å². The maximum atomic E-state index is 12.9. The number of aromatic nitrogens is 1. The molecule has 2 amide bonds. The standard InChI is InChI=1S/C19H25F3N4O2/c1-13(2)17(27)26-7-3-4-15(26)18(28)25-10-8-24(9-11-25)16-6-5-14(12-23-16)19(20,21)22/h5-6,12-13,15H,3-4,7-11H2,1-2H3. The Bertz CT molecular complexity index is 713. The number of rotatable bonds is 3. The third-order valence-electron chi connectivity index (χ3n) is 5.31. The molecule has 1 aromatic heterocycles. The Morgan fingerprint density at radius 2 is 1.79 bits per heavy atom. The molecule has 0 N–H and O–H groups in total. The van der Waals surface area contributed by atoms with Crippen molar-refractivity contribution in [1.29, 1.82) is 0 Å². The Morgan fingerprint density at radius 1 is 1.11 bits per heavy atom. The van der Waals surface area contributed by atoms with E-state index in [-0.39, 0.29) is 17.7 Å². The van der Waals surface area contributed by atoms with Crippen LogP contribution < -0.4 is 4.90 Å². The van der Waals surface area contributed by atoms with Gasteiger partial charge in [-0.2, -0.15) is 13.2 Å². The lowest BCUT2D eigenvalue weighted by Gasteiger charge is -2.38. The van der Waals surface area contributed by atoms with E-state index < -0.39 is 17.8 Å². The molecule has 0 spiro atoms. The van der Waals surface area contributed by atoms with Crippen molar-refractivity contribution in [3.05, 3.63) is 23.9 Å². The van der Waals surface area contributed by atoms with Gasteiger partial charge in [-0.15, -0.1) is 0 Å². The molecule has 0 saturated carbocycles. The van der Waals surface area contributed by atoms with Gasteiger partial charge in [0, 0.05) is 44.8 Å². The van der Waals surface area contributed by atoms with Gasteiger partial charge in [0.1, 0.15) is 11.9 Å². The number of halogens is 3. The molecule has 1 unspecified atom stereocenters. The molecule has 1 atom stereocenters. The summed E-state index contributed by atoms with van der Waals surface area (Å²) >= 11 is 0. The highest BCUT2D eigenvalue weighted by molar-refractivity contribution is 5.89. The molecule has 9 heteroatoms. The average Bonchev–Trinajstić information content (AvgIpc) is 3.16. The first-order chi connectivity index (χ1) is 13.2. The van der Waals surface area contributed by atoms with Crippen molar-refractivity contribution in [2.45, 2.75) is 38.9 Å². The normalized spacial score (nSPS) is 20.8. The molecule has 2 fully saturated rings. The number of hydrogen-bond acceptors (Lipinski definition) is 4. The fourth-order valence-corrected chi connectivity index (χ4v) is 3.73. The first-order valence-corrected chi connectivity index (χ1v) is 9.56. The van der Waals surface area contributed by atoms with Crippen LogP contribution in [0.25, 0.3) is 0 Å². The summed E-state index contributed by atoms with van der Waals surface area (Å²) in [5, 5.41) is 0. The van der Waals surface area contributed by atoms with Crippen molar-refractivity contribution < 1.29 is 22.8 Å². The Labute approximate surface area is 162 Å². The van der Waals surface area contributed by atoms with Crippen molar-refractivity contribution in [1.82, 2.24) is 14.8 Å². The number of pyridine rings is 1. The quantitative estimate of drug-likeness (QED) is 0.785. The SMILES string of the molecule is CC(C)C(=O)N1CCCC1C(=O)N1CCN(c2ccc(C(F)(F)F)cn2)CC1. The molecule has 1 aromatic rings. The van der Waals surface area contributed by atoms with E-state index in [2.05, 4.69) is 4.98 Å². The van der Waals surface area contributed by atoms with Crippen molar-refractivity contribution in [3.63, 3.8) is 0 Å². The molecule has 6 nitrogen and oxygen atoms in total. The zero-order chi connectivity index (χ0) is 20.5. The molecule has 0 radical (unpaired) electrons. The number of amides is 2. The number of anilines is 1. The Morgan fingerprint density at radius 3 is 2.32 bits per heavy atom. The van der Waals surface area contributed by atoms with Crippen LogP contribution >= 0.6 is 0 Å². The second kappa shape index (κ2) is 7.97. The first-order valence-electron chi connectivity index (χ1n) is 9.56. The van der Waals surface area contributed by atoms with Gasteiger partial charge in [0.25, 0.3) is 0 Å². The summed E-state index contributed by atoms with van der Waals surface area (Å²) in [4.78, 5) is 34.5. The Kier molecular flexibility index (Phi) is 5.81. The highest BCUT2D eigenvalue weighted by Gasteiger charge is 2.38. The molecule has 3 rings (SSSR count). The lowest BCUT2D eigenvalue weighted by molar-refractivity contribution is -0.145. The van der Waals surface area contributed by atoms with E-state index in [1.54, 1.807) is 9.80 Å². The molecule has 2 aliphatic rings. The van der Waals surface area contributed by atoms with Crippen LogP contribution in [0.3, 0.4) is 0 Å². The van der Waals surface area contributed by atoms with Gasteiger partial charge in [0.05, 0.1) is 5.56 Å². The predicted molar refractivity (Wildman–Crippen MR) is 97.6 cm³/mol. The van der Waals surface area contributed by atoms with Gasteiger partial charge in [0.15, 0.2) is 0 Å². The first kappa shape index (κ1) is 20.4. The minimum absolute atomic E-state index is 0.00319. The molecule has 28 heavy (non-hydrogen) atoms. The monoisotopic (exact) mass is 398 g/mol. The molecule has 0 aliphatic carbocycles. The van der Waals surface area contributed by atoms with E-state index >= 15 is 0 Å². The molecule has 0 aromatic carbocycles. The number of likely N-dealkylation sites (tertiary alicyclic amines) is 1. The zero-order valence-electron chi connectivity index (χ0n) is 16.1. The second-order valence-corrected chi connectivity index (χ2v) is 7.56. The topological polar surface area (TPSA) is 56.8 Å². The van der Waals surface area contributed by atoms with Gasteiger partial charge in [-0.3, -0.25) is 9.59 Å². The molecule has 2 saturated heterocycles. The smallest absolute Gasteiger partial charge is 0.353 e. The number of alkyl halides is 3. The lowest BCUT2D eigenvalue weighted by Crippen LogP contribution is -2.55. The summed E-state index contributed by atoms with van der Waals surface area (Å²) in [5.41, 5.74) is -0.777. The fourth-order valence-electron chi connectivity index (χ4n) is 3.73. The maximum absolute atomic E-state index is 12.9. The minimum atomic E-state index is -4.41. The van der Waals surface area contributed by atoms with E-state index in [0.717, 1.165) is 18.7 Å². The number of hydrogen-bond donors (Lipinski definition) is 0. The van der Waals surface area contributed by atoms with Crippen LogP contribution in [0, 0.1) is 5.92 Å². The van der Waals surface area contributed by atoms with Gasteiger partial charge in [0.2, 0.25) is 11.8 Å². The summed E-state index contributed by atoms with van der Waals surface area (Å²) in [6, 6.07) is 1.99. The lowest BCUT2D eigenvalue weighted by atomic mass is 10.1. The Hall–Kier alpha value is -2.32. The van der Waals surface area contributed by atoms with Gasteiger partial charge in [-0.25, -0.2) is 4.98 Å². The fraction of sp³-hybridized carbons (Fsp3) is 0.632. The van der Waals surface area contributed by atoms with Gasteiger partial charge < -0.3 is 14.7 Å². The summed E-state index contributed by atoms with van der Waals surface area (Å²) in [5.74, 6) is 0.295. The largest absolute Gasteiger partial charge is 0.417 e. The van der Waals surface area contributed by atoms with Crippen LogP contribution in [-0.2, 0) is 15.8 Å². The molecule has 154 valence electrons. The van der Waals surface area contributed by atoms with Crippen molar-refractivity contribution in [3.8, 4) is 0 Å². The van der Waals surface area contributed by atoms with Gasteiger partial charge in [-0.05, 0) is 25.0 Å². The minimum Gasteiger partial charge on any atom is -0.353 e. The summed E-state index contributed by atoms with van der Waals surface area (Å²) in [7, 11) is 0. The van der Waals surface area contributed by atoms with Crippen LogP contribution in [0.4, 0.5) is 19.0 Å². The van der Waals surface area contributed by atoms with Crippen molar-refractivity contribution in [2.24, 2.45) is 5.92 Å². The number of carbonyl (C=O) groups is 2. The second-order valence-electron chi connectivity index (χ2n) is 7.56. The number of piperazine rings is 1. The van der Waals surface area contributed by atoms with Crippen molar-refractivity contribution in [2.75, 3.05) is 37.6 Å².